The Balaban J connectivity index is -0.000000238. The van der Waals surface area contributed by atoms with Crippen LogP contribution in [0.2, 0.25) is 0 Å². The van der Waals surface area contributed by atoms with Crippen LogP contribution in [-0.2, 0) is 19.1 Å². The Morgan fingerprint density at radius 3 is 1.09 bits per heavy atom. The van der Waals surface area contributed by atoms with E-state index in [1.807, 2.05) is 0 Å². The minimum absolute atomic E-state index is 0.316. The highest BCUT2D eigenvalue weighted by molar-refractivity contribution is 5.87. The number of unbranched alkanes of at least 4 members (excludes halogenated alkanes) is 1. The summed E-state index contributed by atoms with van der Waals surface area (Å²) >= 11 is 0. The zero-order chi connectivity index (χ0) is 18.6. The first-order valence-electron chi connectivity index (χ1n) is 6.60. The minimum Gasteiger partial charge on any atom is -0.462 e. The van der Waals surface area contributed by atoms with E-state index >= 15 is 0 Å². The molecule has 0 aromatic heterocycles. The topological polar surface area (TPSA) is 52.6 Å². The van der Waals surface area contributed by atoms with Gasteiger partial charge in [-0.3, -0.25) is 0 Å². The Hall–Kier alpha value is -2.36. The second-order valence-corrected chi connectivity index (χ2v) is 3.54. The van der Waals surface area contributed by atoms with Crippen molar-refractivity contribution in [3.8, 4) is 0 Å². The van der Waals surface area contributed by atoms with E-state index in [0.717, 1.165) is 0 Å². The summed E-state index contributed by atoms with van der Waals surface area (Å²) in [7, 11) is 0. The summed E-state index contributed by atoms with van der Waals surface area (Å²) in [5.41, 5.74) is 0.766. The predicted molar refractivity (Wildman–Crippen MR) is 94.5 cm³/mol. The number of ether oxygens (including phenoxy) is 2. The molecule has 4 heteroatoms. The van der Waals surface area contributed by atoms with Gasteiger partial charge in [0.15, 0.2) is 0 Å². The molecule has 0 saturated carbocycles. The second kappa shape index (κ2) is 23.7. The maximum Gasteiger partial charge on any atom is 0.333 e. The summed E-state index contributed by atoms with van der Waals surface area (Å²) in [5, 5.41) is 0. The van der Waals surface area contributed by atoms with Gasteiger partial charge in [-0.2, -0.15) is 0 Å². The summed E-state index contributed by atoms with van der Waals surface area (Å²) in [5.74, 6) is -0.780. The number of esters is 2. The van der Waals surface area contributed by atoms with Crippen molar-refractivity contribution in [3.63, 3.8) is 0 Å². The zero-order valence-electron chi connectivity index (χ0n) is 14.1. The van der Waals surface area contributed by atoms with Gasteiger partial charge in [0, 0.05) is 11.1 Å². The molecule has 0 spiro atoms. The number of carbonyl (C=O) groups is 2. The third-order valence-corrected chi connectivity index (χ3v) is 1.70. The summed E-state index contributed by atoms with van der Waals surface area (Å²) < 4.78 is 9.72. The maximum atomic E-state index is 11.0. The Morgan fingerprint density at radius 1 is 0.682 bits per heavy atom. The van der Waals surface area contributed by atoms with Gasteiger partial charge < -0.3 is 9.47 Å². The molecule has 4 nitrogen and oxygen atoms in total. The number of carbonyl (C=O) groups excluding carboxylic acids is 2. The van der Waals surface area contributed by atoms with Crippen LogP contribution in [0.15, 0.2) is 63.8 Å². The molecule has 0 rings (SSSR count). The SMILES string of the molecule is C=C.C=C.C=C.C=C(C)C(=O)OCCCCOC(=O)C(=C)C. The van der Waals surface area contributed by atoms with Crippen molar-refractivity contribution < 1.29 is 19.1 Å². The van der Waals surface area contributed by atoms with Crippen molar-refractivity contribution in [1.82, 2.24) is 0 Å². The van der Waals surface area contributed by atoms with Gasteiger partial charge in [0.2, 0.25) is 0 Å². The molecule has 0 fully saturated rings. The summed E-state index contributed by atoms with van der Waals surface area (Å²) in [6, 6.07) is 0. The highest BCUT2D eigenvalue weighted by Gasteiger charge is 2.03. The first-order chi connectivity index (χ1) is 10.4. The Morgan fingerprint density at radius 2 is 0.909 bits per heavy atom. The smallest absolute Gasteiger partial charge is 0.333 e. The van der Waals surface area contributed by atoms with E-state index in [0.29, 0.717) is 37.2 Å². The van der Waals surface area contributed by atoms with Crippen molar-refractivity contribution >= 4 is 11.9 Å². The van der Waals surface area contributed by atoms with Gasteiger partial charge in [-0.1, -0.05) is 13.2 Å². The molecule has 0 heterocycles. The van der Waals surface area contributed by atoms with Crippen molar-refractivity contribution in [2.24, 2.45) is 0 Å². The highest BCUT2D eigenvalue weighted by Crippen LogP contribution is 1.98. The van der Waals surface area contributed by atoms with Crippen LogP contribution < -0.4 is 0 Å². The molecule has 0 radical (unpaired) electrons. The summed E-state index contributed by atoms with van der Waals surface area (Å²) in [6.07, 6.45) is 1.31. The van der Waals surface area contributed by atoms with Crippen LogP contribution in [-0.4, -0.2) is 25.2 Å². The molecule has 0 aliphatic carbocycles. The number of rotatable bonds is 7. The van der Waals surface area contributed by atoms with Crippen LogP contribution in [0.25, 0.3) is 0 Å². The van der Waals surface area contributed by atoms with Gasteiger partial charge in [0.1, 0.15) is 0 Å². The van der Waals surface area contributed by atoms with Gasteiger partial charge in [-0.05, 0) is 26.7 Å². The largest absolute Gasteiger partial charge is 0.462 e. The second-order valence-electron chi connectivity index (χ2n) is 3.54. The normalized spacial score (nSPS) is 7.36. The monoisotopic (exact) mass is 310 g/mol. The molecule has 0 N–H and O–H groups in total. The van der Waals surface area contributed by atoms with Gasteiger partial charge >= 0.3 is 11.9 Å². The van der Waals surface area contributed by atoms with Crippen LogP contribution in [0.1, 0.15) is 26.7 Å². The number of hydrogen-bond acceptors (Lipinski definition) is 4. The van der Waals surface area contributed by atoms with Crippen LogP contribution >= 0.6 is 0 Å². The van der Waals surface area contributed by atoms with Gasteiger partial charge in [0.05, 0.1) is 13.2 Å². The minimum atomic E-state index is -0.390. The fourth-order valence-electron chi connectivity index (χ4n) is 0.780. The molecule has 0 aliphatic rings. The van der Waals surface area contributed by atoms with Crippen molar-refractivity contribution in [2.45, 2.75) is 26.7 Å². The summed E-state index contributed by atoms with van der Waals surface area (Å²) in [6.45, 7) is 28.7. The molecule has 22 heavy (non-hydrogen) atoms. The average Bonchev–Trinajstić information content (AvgIpc) is 2.55. The van der Waals surface area contributed by atoms with Crippen LogP contribution in [0.5, 0.6) is 0 Å². The van der Waals surface area contributed by atoms with Gasteiger partial charge in [-0.15, -0.1) is 39.5 Å². The molecule has 126 valence electrons. The van der Waals surface area contributed by atoms with Gasteiger partial charge in [0.25, 0.3) is 0 Å². The van der Waals surface area contributed by atoms with E-state index in [2.05, 4.69) is 52.6 Å². The lowest BCUT2D eigenvalue weighted by atomic mass is 10.3. The van der Waals surface area contributed by atoms with E-state index in [1.54, 1.807) is 13.8 Å². The first-order valence-corrected chi connectivity index (χ1v) is 6.60. The molecule has 0 aromatic rings. The first kappa shape index (κ1) is 27.9. The molecular weight excluding hydrogens is 280 g/mol. The molecule has 0 aromatic carbocycles. The van der Waals surface area contributed by atoms with E-state index < -0.39 is 0 Å². The number of hydrogen-bond donors (Lipinski definition) is 0. The average molecular weight is 310 g/mol. The van der Waals surface area contributed by atoms with E-state index in [9.17, 15) is 9.59 Å². The lowest BCUT2D eigenvalue weighted by Gasteiger charge is -2.05. The van der Waals surface area contributed by atoms with Crippen LogP contribution in [0.4, 0.5) is 0 Å². The standard InChI is InChI=1S/C12H18O4.3C2H4/c1-9(2)11(13)15-7-5-6-8-16-12(14)10(3)4;3*1-2/h1,3,5-8H2,2,4H3;3*1-2H2. The van der Waals surface area contributed by atoms with Crippen molar-refractivity contribution in [1.29, 1.82) is 0 Å². The predicted octanol–water partition coefficient (Wildman–Crippen LogP) is 4.41. The molecule has 0 amide bonds. The zero-order valence-corrected chi connectivity index (χ0v) is 14.1. The molecule has 0 atom stereocenters. The van der Waals surface area contributed by atoms with E-state index in [-0.39, 0.29) is 11.9 Å². The fraction of sp³-hybridized carbons (Fsp3) is 0.333. The van der Waals surface area contributed by atoms with E-state index in [1.165, 1.54) is 0 Å². The molecule has 0 bridgehead atoms. The molecule has 0 unspecified atom stereocenters. The van der Waals surface area contributed by atoms with Crippen molar-refractivity contribution in [3.05, 3.63) is 63.8 Å². The molecule has 0 saturated heterocycles. The van der Waals surface area contributed by atoms with Crippen LogP contribution in [0.3, 0.4) is 0 Å². The van der Waals surface area contributed by atoms with Gasteiger partial charge in [-0.25, -0.2) is 9.59 Å². The molecular formula is C18H30O4. The lowest BCUT2D eigenvalue weighted by Crippen LogP contribution is -2.09. The summed E-state index contributed by atoms with van der Waals surface area (Å²) in [4.78, 5) is 21.9. The van der Waals surface area contributed by atoms with Crippen molar-refractivity contribution in [2.75, 3.05) is 13.2 Å². The third kappa shape index (κ3) is 22.8. The maximum absolute atomic E-state index is 11.0. The molecule has 0 aliphatic heterocycles. The Kier molecular flexibility index (Phi) is 30.1. The third-order valence-electron chi connectivity index (χ3n) is 1.70. The lowest BCUT2D eigenvalue weighted by molar-refractivity contribution is -0.141. The van der Waals surface area contributed by atoms with E-state index in [4.69, 9.17) is 9.47 Å². The fourth-order valence-corrected chi connectivity index (χ4v) is 0.780. The highest BCUT2D eigenvalue weighted by atomic mass is 16.5. The Labute approximate surface area is 135 Å². The Bertz CT molecular complexity index is 297. The van der Waals surface area contributed by atoms with Crippen LogP contribution in [0, 0.1) is 0 Å². The quantitative estimate of drug-likeness (QED) is 0.302.